The second-order valence-electron chi connectivity index (χ2n) is 8.96. The third-order valence-corrected chi connectivity index (χ3v) is 6.25. The number of aryl methyl sites for hydroxylation is 1. The zero-order chi connectivity index (χ0) is 24.1. The van der Waals surface area contributed by atoms with Gasteiger partial charge in [-0.25, -0.2) is 15.0 Å². The highest BCUT2D eigenvalue weighted by Crippen LogP contribution is 2.36. The van der Waals surface area contributed by atoms with Crippen LogP contribution in [0.25, 0.3) is 0 Å². The Morgan fingerprint density at radius 1 is 1.21 bits per heavy atom. The van der Waals surface area contributed by atoms with Crippen LogP contribution in [-0.4, -0.2) is 58.1 Å². The van der Waals surface area contributed by atoms with Crippen molar-refractivity contribution in [1.82, 2.24) is 19.9 Å². The Labute approximate surface area is 189 Å². The van der Waals surface area contributed by atoms with E-state index in [0.29, 0.717) is 29.0 Å². The van der Waals surface area contributed by atoms with Crippen molar-refractivity contribution in [2.24, 2.45) is 5.92 Å². The highest BCUT2D eigenvalue weighted by atomic mass is 19.4. The van der Waals surface area contributed by atoms with Crippen LogP contribution < -0.4 is 20.4 Å². The maximum Gasteiger partial charge on any atom is 0.434 e. The maximum absolute atomic E-state index is 12.7. The molecule has 1 atom stereocenters. The molecule has 4 rings (SSSR count). The number of anilines is 4. The Kier molecular flexibility index (Phi) is 5.79. The van der Waals surface area contributed by atoms with Gasteiger partial charge >= 0.3 is 6.18 Å². The van der Waals surface area contributed by atoms with Gasteiger partial charge in [0.2, 0.25) is 11.9 Å². The van der Waals surface area contributed by atoms with Crippen molar-refractivity contribution >= 4 is 29.2 Å². The monoisotopic (exact) mass is 464 g/mol. The molecule has 0 spiro atoms. The molecule has 0 radical (unpaired) electrons. The van der Waals surface area contributed by atoms with Gasteiger partial charge in [0, 0.05) is 26.2 Å². The zero-order valence-corrected chi connectivity index (χ0v) is 19.1. The van der Waals surface area contributed by atoms with Crippen molar-refractivity contribution in [2.75, 3.05) is 34.5 Å². The van der Waals surface area contributed by atoms with E-state index < -0.39 is 11.9 Å². The highest BCUT2D eigenvalue weighted by molar-refractivity contribution is 6.03. The molecule has 0 saturated heterocycles. The van der Waals surface area contributed by atoms with E-state index in [1.165, 1.54) is 0 Å². The number of nitrogens with one attached hydrogen (secondary N) is 2. The number of rotatable bonds is 5. The standard InChI is InChI=1S/C21H27F3N8O/c1-10(2)17-19(33)29-16-11(3)27-20(30-18(16)32(17)5)28-12-6-13(7-12)31(4)15-9-25-14(8-26-15)21(22,23)24/h8-10,12-13,17H,6-7H2,1-5H3,(H,29,33)(H,27,28,30)/t12-,13+,17?. The Morgan fingerprint density at radius 3 is 2.48 bits per heavy atom. The summed E-state index contributed by atoms with van der Waals surface area (Å²) in [5.41, 5.74) is 0.295. The average Bonchev–Trinajstić information content (AvgIpc) is 2.70. The summed E-state index contributed by atoms with van der Waals surface area (Å²) in [6, 6.07) is -0.0903. The molecular formula is C21H27F3N8O. The predicted octanol–water partition coefficient (Wildman–Crippen LogP) is 3.09. The number of hydrogen-bond acceptors (Lipinski definition) is 8. The fourth-order valence-electron chi connectivity index (χ4n) is 4.32. The van der Waals surface area contributed by atoms with E-state index in [4.69, 9.17) is 0 Å². The highest BCUT2D eigenvalue weighted by Gasteiger charge is 2.37. The van der Waals surface area contributed by atoms with Crippen molar-refractivity contribution < 1.29 is 18.0 Å². The molecule has 1 fully saturated rings. The van der Waals surface area contributed by atoms with Crippen molar-refractivity contribution in [1.29, 1.82) is 0 Å². The van der Waals surface area contributed by atoms with Crippen LogP contribution in [0.5, 0.6) is 0 Å². The molecule has 1 amide bonds. The molecule has 2 N–H and O–H groups in total. The Bertz CT molecular complexity index is 1040. The quantitative estimate of drug-likeness (QED) is 0.697. The van der Waals surface area contributed by atoms with E-state index in [-0.39, 0.29) is 30.0 Å². The molecule has 33 heavy (non-hydrogen) atoms. The molecule has 2 aromatic heterocycles. The first-order valence-electron chi connectivity index (χ1n) is 10.8. The Balaban J connectivity index is 1.41. The summed E-state index contributed by atoms with van der Waals surface area (Å²) >= 11 is 0. The largest absolute Gasteiger partial charge is 0.434 e. The average molecular weight is 464 g/mol. The summed E-state index contributed by atoms with van der Waals surface area (Å²) < 4.78 is 38.1. The smallest absolute Gasteiger partial charge is 0.355 e. The first kappa shape index (κ1) is 23.0. The van der Waals surface area contributed by atoms with Gasteiger partial charge in [-0.2, -0.15) is 18.2 Å². The fraction of sp³-hybridized carbons (Fsp3) is 0.571. The number of carbonyl (C=O) groups is 1. The van der Waals surface area contributed by atoms with Crippen LogP contribution in [0.1, 0.15) is 38.1 Å². The molecule has 0 aromatic carbocycles. The van der Waals surface area contributed by atoms with Gasteiger partial charge in [0.05, 0.1) is 18.1 Å². The molecule has 178 valence electrons. The first-order valence-corrected chi connectivity index (χ1v) is 10.8. The molecular weight excluding hydrogens is 437 g/mol. The van der Waals surface area contributed by atoms with E-state index in [0.717, 1.165) is 25.2 Å². The van der Waals surface area contributed by atoms with E-state index in [1.807, 2.05) is 37.6 Å². The molecule has 3 heterocycles. The van der Waals surface area contributed by atoms with Gasteiger partial charge in [0.1, 0.15) is 17.5 Å². The van der Waals surface area contributed by atoms with Crippen molar-refractivity contribution in [3.8, 4) is 0 Å². The topological polar surface area (TPSA) is 99.2 Å². The molecule has 1 aliphatic carbocycles. The molecule has 12 heteroatoms. The summed E-state index contributed by atoms with van der Waals surface area (Å²) in [6.45, 7) is 5.81. The lowest BCUT2D eigenvalue weighted by molar-refractivity contribution is -0.141. The zero-order valence-electron chi connectivity index (χ0n) is 19.1. The van der Waals surface area contributed by atoms with E-state index >= 15 is 0 Å². The first-order chi connectivity index (χ1) is 15.5. The van der Waals surface area contributed by atoms with Gasteiger partial charge in [0.25, 0.3) is 0 Å². The summed E-state index contributed by atoms with van der Waals surface area (Å²) in [7, 11) is 3.65. The number of hydrogen-bond donors (Lipinski definition) is 2. The van der Waals surface area contributed by atoms with Crippen molar-refractivity contribution in [3.63, 3.8) is 0 Å². The van der Waals surface area contributed by atoms with Crippen LogP contribution in [-0.2, 0) is 11.0 Å². The number of carbonyl (C=O) groups excluding carboxylic acids is 1. The van der Waals surface area contributed by atoms with Crippen LogP contribution in [0.3, 0.4) is 0 Å². The SMILES string of the molecule is Cc1nc(N[C@H]2C[C@@H](N(C)c3cnc(C(F)(F)F)cn3)C2)nc2c1NC(=O)C(C(C)C)N2C. The number of likely N-dealkylation sites (N-methyl/N-ethyl adjacent to an activating group) is 1. The van der Waals surface area contributed by atoms with E-state index in [1.54, 1.807) is 7.05 Å². The lowest BCUT2D eigenvalue weighted by Crippen LogP contribution is -2.50. The van der Waals surface area contributed by atoms with E-state index in [2.05, 4.69) is 30.6 Å². The fourth-order valence-corrected chi connectivity index (χ4v) is 4.32. The number of nitrogens with zero attached hydrogens (tertiary/aromatic N) is 6. The summed E-state index contributed by atoms with van der Waals surface area (Å²) in [6.07, 6.45) is -1.10. The van der Waals surface area contributed by atoms with Gasteiger partial charge in [-0.3, -0.25) is 4.79 Å². The minimum atomic E-state index is -4.51. The van der Waals surface area contributed by atoms with Crippen LogP contribution in [0.15, 0.2) is 12.4 Å². The van der Waals surface area contributed by atoms with Gasteiger partial charge < -0.3 is 20.4 Å². The van der Waals surface area contributed by atoms with Gasteiger partial charge in [-0.1, -0.05) is 13.8 Å². The van der Waals surface area contributed by atoms with E-state index in [9.17, 15) is 18.0 Å². The minimum Gasteiger partial charge on any atom is -0.355 e. The third-order valence-electron chi connectivity index (χ3n) is 6.25. The summed E-state index contributed by atoms with van der Waals surface area (Å²) in [5, 5.41) is 6.27. The molecule has 2 aromatic rings. The number of amides is 1. The minimum absolute atomic E-state index is 0.0661. The van der Waals surface area contributed by atoms with Crippen molar-refractivity contribution in [3.05, 3.63) is 23.8 Å². The normalized spacial score (nSPS) is 22.5. The van der Waals surface area contributed by atoms with Crippen LogP contribution in [0, 0.1) is 12.8 Å². The lowest BCUT2D eigenvalue weighted by atomic mass is 9.86. The van der Waals surface area contributed by atoms with Crippen molar-refractivity contribution in [2.45, 2.75) is 57.9 Å². The molecule has 1 unspecified atom stereocenters. The molecule has 0 bridgehead atoms. The van der Waals surface area contributed by atoms with Crippen LogP contribution >= 0.6 is 0 Å². The lowest BCUT2D eigenvalue weighted by Gasteiger charge is -2.42. The van der Waals surface area contributed by atoms with Crippen LogP contribution in [0.2, 0.25) is 0 Å². The van der Waals surface area contributed by atoms with Crippen LogP contribution in [0.4, 0.5) is 36.4 Å². The molecule has 2 aliphatic rings. The van der Waals surface area contributed by atoms with Gasteiger partial charge in [-0.05, 0) is 25.7 Å². The molecule has 1 saturated carbocycles. The second kappa shape index (κ2) is 8.31. The summed E-state index contributed by atoms with van der Waals surface area (Å²) in [4.78, 5) is 32.7. The second-order valence-corrected chi connectivity index (χ2v) is 8.96. The number of halogens is 3. The Hall–Kier alpha value is -3.18. The van der Waals surface area contributed by atoms with Gasteiger partial charge in [-0.15, -0.1) is 0 Å². The number of fused-ring (bicyclic) bond motifs is 1. The number of aromatic nitrogens is 4. The molecule has 1 aliphatic heterocycles. The Morgan fingerprint density at radius 2 is 1.91 bits per heavy atom. The van der Waals surface area contributed by atoms with Gasteiger partial charge in [0.15, 0.2) is 11.5 Å². The molecule has 9 nitrogen and oxygen atoms in total. The maximum atomic E-state index is 12.7. The summed E-state index contributed by atoms with van der Waals surface area (Å²) in [5.74, 6) is 1.60. The predicted molar refractivity (Wildman–Crippen MR) is 118 cm³/mol. The number of alkyl halides is 3. The third kappa shape index (κ3) is 4.38.